The number of nitrogens with two attached hydrogens (primary N) is 1. The Morgan fingerprint density at radius 1 is 1.04 bits per heavy atom. The molecule has 0 amide bonds. The van der Waals surface area contributed by atoms with Gasteiger partial charge in [0.25, 0.3) is 0 Å². The molecule has 0 aromatic rings. The third-order valence-corrected chi connectivity index (χ3v) is 5.10. The maximum absolute atomic E-state index is 5.93. The average molecular weight is 340 g/mol. The predicted octanol–water partition coefficient (Wildman–Crippen LogP) is 1.13. The summed E-state index contributed by atoms with van der Waals surface area (Å²) in [5, 5.41) is 3.24. The van der Waals surface area contributed by atoms with E-state index in [1.807, 2.05) is 0 Å². The van der Waals surface area contributed by atoms with Gasteiger partial charge in [0, 0.05) is 32.7 Å². The van der Waals surface area contributed by atoms with Crippen molar-refractivity contribution in [2.45, 2.75) is 39.0 Å². The summed E-state index contributed by atoms with van der Waals surface area (Å²) in [7, 11) is 0. The number of nitrogens with zero attached hydrogens (tertiary/aromatic N) is 3. The number of ether oxygens (including phenoxy) is 1. The van der Waals surface area contributed by atoms with Gasteiger partial charge in [0.05, 0.1) is 13.2 Å². The van der Waals surface area contributed by atoms with E-state index in [4.69, 9.17) is 10.5 Å². The van der Waals surface area contributed by atoms with Crippen molar-refractivity contribution in [3.05, 3.63) is 0 Å². The number of piperidine rings is 1. The summed E-state index contributed by atoms with van der Waals surface area (Å²) in [4.78, 5) is 9.45. The van der Waals surface area contributed by atoms with Gasteiger partial charge in [0.2, 0.25) is 0 Å². The Morgan fingerprint density at radius 3 is 2.46 bits per heavy atom. The predicted molar refractivity (Wildman–Crippen MR) is 100 cm³/mol. The quantitative estimate of drug-likeness (QED) is 0.374. The first-order valence-corrected chi connectivity index (χ1v) is 9.80. The van der Waals surface area contributed by atoms with E-state index in [-0.39, 0.29) is 0 Å². The van der Waals surface area contributed by atoms with Crippen LogP contribution in [-0.4, -0.2) is 81.3 Å². The highest BCUT2D eigenvalue weighted by atomic mass is 16.5. The van der Waals surface area contributed by atoms with Crippen molar-refractivity contribution < 1.29 is 4.74 Å². The van der Waals surface area contributed by atoms with E-state index in [0.29, 0.717) is 5.96 Å². The van der Waals surface area contributed by atoms with Gasteiger partial charge in [-0.05, 0) is 57.7 Å². The van der Waals surface area contributed by atoms with Crippen molar-refractivity contribution in [3.63, 3.8) is 0 Å². The summed E-state index contributed by atoms with van der Waals surface area (Å²) in [5.41, 5.74) is 5.93. The first-order valence-electron chi connectivity index (χ1n) is 9.80. The highest BCUT2D eigenvalue weighted by Gasteiger charge is 2.14. The summed E-state index contributed by atoms with van der Waals surface area (Å²) < 4.78 is 5.35. The van der Waals surface area contributed by atoms with Crippen LogP contribution in [0.2, 0.25) is 0 Å². The van der Waals surface area contributed by atoms with Gasteiger partial charge in [-0.2, -0.15) is 0 Å². The molecule has 2 heterocycles. The average Bonchev–Trinajstić information content (AvgIpc) is 2.61. The maximum Gasteiger partial charge on any atom is 0.188 e. The van der Waals surface area contributed by atoms with E-state index in [9.17, 15) is 0 Å². The number of likely N-dealkylation sites (tertiary alicyclic amines) is 1. The van der Waals surface area contributed by atoms with Crippen LogP contribution in [0, 0.1) is 5.92 Å². The Labute approximate surface area is 147 Å². The fourth-order valence-corrected chi connectivity index (χ4v) is 3.34. The normalized spacial score (nSPS) is 22.0. The van der Waals surface area contributed by atoms with E-state index >= 15 is 0 Å². The minimum Gasteiger partial charge on any atom is -0.379 e. The van der Waals surface area contributed by atoms with Crippen LogP contribution in [0.4, 0.5) is 0 Å². The second kappa shape index (κ2) is 11.7. The van der Waals surface area contributed by atoms with Gasteiger partial charge >= 0.3 is 0 Å². The van der Waals surface area contributed by atoms with Gasteiger partial charge in [-0.25, -0.2) is 0 Å². The second-order valence-corrected chi connectivity index (χ2v) is 7.23. The number of hydrogen-bond acceptors (Lipinski definition) is 4. The molecule has 2 fully saturated rings. The van der Waals surface area contributed by atoms with Crippen molar-refractivity contribution in [1.82, 2.24) is 15.1 Å². The summed E-state index contributed by atoms with van der Waals surface area (Å²) in [6.07, 6.45) is 6.20. The molecule has 0 aromatic carbocycles. The van der Waals surface area contributed by atoms with Crippen LogP contribution in [0.3, 0.4) is 0 Å². The largest absolute Gasteiger partial charge is 0.379 e. The molecular formula is C18H37N5O. The van der Waals surface area contributed by atoms with Crippen LogP contribution in [0.1, 0.15) is 39.0 Å². The fraction of sp³-hybridized carbons (Fsp3) is 0.944. The molecule has 0 aromatic heterocycles. The number of morpholine rings is 1. The van der Waals surface area contributed by atoms with Crippen molar-refractivity contribution in [1.29, 1.82) is 0 Å². The molecule has 2 aliphatic heterocycles. The molecule has 0 spiro atoms. The SMILES string of the molecule is CC1CCN(CCCCNC(N)=NCCCN2CCOCC2)CC1. The zero-order valence-electron chi connectivity index (χ0n) is 15.5. The highest BCUT2D eigenvalue weighted by molar-refractivity contribution is 5.77. The minimum atomic E-state index is 0.601. The van der Waals surface area contributed by atoms with E-state index in [1.165, 1.54) is 38.9 Å². The smallest absolute Gasteiger partial charge is 0.188 e. The van der Waals surface area contributed by atoms with Gasteiger partial charge in [-0.1, -0.05) is 6.92 Å². The molecule has 2 rings (SSSR count). The third-order valence-electron chi connectivity index (χ3n) is 5.10. The molecule has 0 saturated carbocycles. The summed E-state index contributed by atoms with van der Waals surface area (Å²) in [6, 6.07) is 0. The molecule has 6 heteroatoms. The van der Waals surface area contributed by atoms with Gasteiger partial charge in [0.1, 0.15) is 0 Å². The molecule has 140 valence electrons. The van der Waals surface area contributed by atoms with E-state index in [0.717, 1.165) is 64.7 Å². The molecule has 0 bridgehead atoms. The van der Waals surface area contributed by atoms with Crippen molar-refractivity contribution in [2.75, 3.05) is 65.6 Å². The molecule has 0 radical (unpaired) electrons. The number of aliphatic imine (C=N–C) groups is 1. The Hall–Kier alpha value is -0.850. The first-order chi connectivity index (χ1) is 11.7. The molecular weight excluding hydrogens is 302 g/mol. The molecule has 3 N–H and O–H groups in total. The molecule has 0 unspecified atom stereocenters. The number of unbranched alkanes of at least 4 members (excludes halogenated alkanes) is 1. The lowest BCUT2D eigenvalue weighted by molar-refractivity contribution is 0.0377. The summed E-state index contributed by atoms with van der Waals surface area (Å²) in [6.45, 7) is 12.8. The number of guanidine groups is 1. The minimum absolute atomic E-state index is 0.601. The van der Waals surface area contributed by atoms with Gasteiger partial charge in [0.15, 0.2) is 5.96 Å². The Kier molecular flexibility index (Phi) is 9.46. The van der Waals surface area contributed by atoms with Crippen LogP contribution >= 0.6 is 0 Å². The third kappa shape index (κ3) is 8.31. The Morgan fingerprint density at radius 2 is 1.71 bits per heavy atom. The molecule has 0 atom stereocenters. The van der Waals surface area contributed by atoms with E-state index in [1.54, 1.807) is 0 Å². The lowest BCUT2D eigenvalue weighted by atomic mass is 9.99. The first kappa shape index (κ1) is 19.5. The standard InChI is InChI=1S/C18H37N5O/c1-17-5-11-22(12-6-17)9-3-2-7-20-18(19)21-8-4-10-23-13-15-24-16-14-23/h17H,2-16H2,1H3,(H3,19,20,21). The number of nitrogens with one attached hydrogen (secondary N) is 1. The zero-order chi connectivity index (χ0) is 17.0. The Balaban J connectivity index is 1.42. The zero-order valence-corrected chi connectivity index (χ0v) is 15.5. The molecule has 2 saturated heterocycles. The summed E-state index contributed by atoms with van der Waals surface area (Å²) in [5.74, 6) is 1.52. The molecule has 6 nitrogen and oxygen atoms in total. The molecule has 0 aliphatic carbocycles. The molecule has 2 aliphatic rings. The van der Waals surface area contributed by atoms with Crippen LogP contribution in [0.5, 0.6) is 0 Å². The van der Waals surface area contributed by atoms with Crippen molar-refractivity contribution in [2.24, 2.45) is 16.6 Å². The van der Waals surface area contributed by atoms with Gasteiger partial charge in [-0.3, -0.25) is 9.89 Å². The number of hydrogen-bond donors (Lipinski definition) is 2. The van der Waals surface area contributed by atoms with Crippen molar-refractivity contribution in [3.8, 4) is 0 Å². The van der Waals surface area contributed by atoms with E-state index < -0.39 is 0 Å². The van der Waals surface area contributed by atoms with Crippen LogP contribution in [-0.2, 0) is 4.74 Å². The highest BCUT2D eigenvalue weighted by Crippen LogP contribution is 2.15. The maximum atomic E-state index is 5.93. The summed E-state index contributed by atoms with van der Waals surface area (Å²) >= 11 is 0. The topological polar surface area (TPSA) is 66.1 Å². The van der Waals surface area contributed by atoms with Crippen molar-refractivity contribution >= 4 is 5.96 Å². The van der Waals surface area contributed by atoms with Crippen LogP contribution < -0.4 is 11.1 Å². The van der Waals surface area contributed by atoms with E-state index in [2.05, 4.69) is 27.0 Å². The fourth-order valence-electron chi connectivity index (χ4n) is 3.34. The van der Waals surface area contributed by atoms with Crippen LogP contribution in [0.15, 0.2) is 4.99 Å². The molecule has 24 heavy (non-hydrogen) atoms. The second-order valence-electron chi connectivity index (χ2n) is 7.23. The lowest BCUT2D eigenvalue weighted by Gasteiger charge is -2.30. The monoisotopic (exact) mass is 339 g/mol. The van der Waals surface area contributed by atoms with Crippen LogP contribution in [0.25, 0.3) is 0 Å². The number of rotatable bonds is 9. The van der Waals surface area contributed by atoms with Gasteiger partial charge < -0.3 is 20.7 Å². The Bertz CT molecular complexity index is 349. The lowest BCUT2D eigenvalue weighted by Crippen LogP contribution is -2.37. The van der Waals surface area contributed by atoms with Gasteiger partial charge in [-0.15, -0.1) is 0 Å².